The SMILES string of the molecule is COC(C)(C)CCC(N)Cc1nc(C)cs1. The third kappa shape index (κ3) is 4.60. The van der Waals surface area contributed by atoms with E-state index in [-0.39, 0.29) is 11.6 Å². The number of nitrogens with zero attached hydrogens (tertiary/aromatic N) is 1. The molecule has 0 spiro atoms. The number of aryl methyl sites for hydroxylation is 1. The van der Waals surface area contributed by atoms with E-state index in [4.69, 9.17) is 10.5 Å². The Balaban J connectivity index is 2.34. The van der Waals surface area contributed by atoms with Crippen LogP contribution in [0.15, 0.2) is 5.38 Å². The van der Waals surface area contributed by atoms with Crippen molar-refractivity contribution in [1.29, 1.82) is 0 Å². The maximum Gasteiger partial charge on any atom is 0.0943 e. The number of nitrogens with two attached hydrogens (primary N) is 1. The van der Waals surface area contributed by atoms with Crippen LogP contribution < -0.4 is 5.73 Å². The van der Waals surface area contributed by atoms with Gasteiger partial charge in [0.15, 0.2) is 0 Å². The van der Waals surface area contributed by atoms with Crippen LogP contribution in [0.3, 0.4) is 0 Å². The van der Waals surface area contributed by atoms with E-state index in [1.165, 1.54) is 0 Å². The van der Waals surface area contributed by atoms with Crippen LogP contribution in [0.25, 0.3) is 0 Å². The Labute approximate surface area is 102 Å². The summed E-state index contributed by atoms with van der Waals surface area (Å²) in [5.74, 6) is 0. The van der Waals surface area contributed by atoms with E-state index in [1.807, 2.05) is 6.92 Å². The first-order valence-corrected chi connectivity index (χ1v) is 6.52. The number of methoxy groups -OCH3 is 1. The smallest absolute Gasteiger partial charge is 0.0943 e. The molecule has 0 fully saturated rings. The minimum atomic E-state index is -0.0730. The molecule has 0 aromatic carbocycles. The van der Waals surface area contributed by atoms with Gasteiger partial charge in [-0.3, -0.25) is 0 Å². The Morgan fingerprint density at radius 1 is 1.56 bits per heavy atom. The predicted molar refractivity (Wildman–Crippen MR) is 68.9 cm³/mol. The van der Waals surface area contributed by atoms with Crippen LogP contribution in [0.2, 0.25) is 0 Å². The topological polar surface area (TPSA) is 48.1 Å². The van der Waals surface area contributed by atoms with E-state index in [2.05, 4.69) is 24.2 Å². The molecule has 0 saturated carbocycles. The maximum absolute atomic E-state index is 6.09. The third-order valence-corrected chi connectivity index (χ3v) is 3.76. The van der Waals surface area contributed by atoms with E-state index >= 15 is 0 Å². The van der Waals surface area contributed by atoms with Gasteiger partial charge in [-0.2, -0.15) is 0 Å². The van der Waals surface area contributed by atoms with Gasteiger partial charge in [0.1, 0.15) is 0 Å². The number of thiazole rings is 1. The summed E-state index contributed by atoms with van der Waals surface area (Å²) < 4.78 is 5.37. The van der Waals surface area contributed by atoms with Crippen molar-refractivity contribution in [3.63, 3.8) is 0 Å². The minimum absolute atomic E-state index is 0.0730. The monoisotopic (exact) mass is 242 g/mol. The number of hydrogen-bond acceptors (Lipinski definition) is 4. The molecule has 1 aromatic heterocycles. The van der Waals surface area contributed by atoms with Gasteiger partial charge in [0, 0.05) is 30.6 Å². The molecule has 3 nitrogen and oxygen atoms in total. The van der Waals surface area contributed by atoms with Crippen molar-refractivity contribution in [2.45, 2.75) is 51.7 Å². The van der Waals surface area contributed by atoms with Crippen LogP contribution in [-0.2, 0) is 11.2 Å². The fourth-order valence-electron chi connectivity index (χ4n) is 1.46. The number of rotatable bonds is 6. The normalized spacial score (nSPS) is 14.1. The average molecular weight is 242 g/mol. The van der Waals surface area contributed by atoms with Crippen molar-refractivity contribution in [3.05, 3.63) is 16.1 Å². The fourth-order valence-corrected chi connectivity index (χ4v) is 2.32. The van der Waals surface area contributed by atoms with Crippen LogP contribution in [0, 0.1) is 6.92 Å². The fraction of sp³-hybridized carbons (Fsp3) is 0.750. The number of ether oxygens (including phenoxy) is 1. The molecule has 0 saturated heterocycles. The molecule has 2 N–H and O–H groups in total. The van der Waals surface area contributed by atoms with Crippen LogP contribution in [0.4, 0.5) is 0 Å². The molecule has 1 unspecified atom stereocenters. The highest BCUT2D eigenvalue weighted by Crippen LogP contribution is 2.18. The predicted octanol–water partition coefficient (Wildman–Crippen LogP) is 2.53. The Hall–Kier alpha value is -0.450. The lowest BCUT2D eigenvalue weighted by Gasteiger charge is -2.24. The summed E-state index contributed by atoms with van der Waals surface area (Å²) in [7, 11) is 1.75. The lowest BCUT2D eigenvalue weighted by atomic mass is 9.98. The first-order valence-electron chi connectivity index (χ1n) is 5.65. The van der Waals surface area contributed by atoms with Crippen LogP contribution >= 0.6 is 11.3 Å². The highest BCUT2D eigenvalue weighted by atomic mass is 32.1. The molecule has 92 valence electrons. The van der Waals surface area contributed by atoms with Crippen molar-refractivity contribution in [1.82, 2.24) is 4.98 Å². The van der Waals surface area contributed by atoms with Crippen LogP contribution in [-0.4, -0.2) is 23.7 Å². The second-order valence-electron chi connectivity index (χ2n) is 4.85. The molecule has 1 rings (SSSR count). The summed E-state index contributed by atoms with van der Waals surface area (Å²) in [5, 5.41) is 3.21. The van der Waals surface area contributed by atoms with Crippen LogP contribution in [0.1, 0.15) is 37.4 Å². The Morgan fingerprint density at radius 3 is 2.75 bits per heavy atom. The third-order valence-electron chi connectivity index (χ3n) is 2.77. The van der Waals surface area contributed by atoms with Gasteiger partial charge < -0.3 is 10.5 Å². The molecule has 1 aromatic rings. The highest BCUT2D eigenvalue weighted by Gasteiger charge is 2.18. The molecule has 0 bridgehead atoms. The average Bonchev–Trinajstić information content (AvgIpc) is 2.61. The van der Waals surface area contributed by atoms with Crippen molar-refractivity contribution < 1.29 is 4.74 Å². The molecule has 0 aliphatic heterocycles. The molecule has 4 heteroatoms. The Bertz CT molecular complexity index is 323. The zero-order chi connectivity index (χ0) is 12.2. The van der Waals surface area contributed by atoms with Gasteiger partial charge in [-0.15, -0.1) is 11.3 Å². The van der Waals surface area contributed by atoms with Gasteiger partial charge in [-0.1, -0.05) is 0 Å². The standard InChI is InChI=1S/C12H22N2OS/c1-9-8-16-11(14-9)7-10(13)5-6-12(2,3)15-4/h8,10H,5-7,13H2,1-4H3. The maximum atomic E-state index is 6.09. The molecule has 1 heterocycles. The second-order valence-corrected chi connectivity index (χ2v) is 5.79. The summed E-state index contributed by atoms with van der Waals surface area (Å²) in [5.41, 5.74) is 7.10. The zero-order valence-corrected chi connectivity index (χ0v) is 11.4. The Morgan fingerprint density at radius 2 is 2.25 bits per heavy atom. The molecule has 0 aliphatic carbocycles. The van der Waals surface area contributed by atoms with Gasteiger partial charge >= 0.3 is 0 Å². The zero-order valence-electron chi connectivity index (χ0n) is 10.6. The minimum Gasteiger partial charge on any atom is -0.379 e. The second kappa shape index (κ2) is 5.75. The van der Waals surface area contributed by atoms with Crippen LogP contribution in [0.5, 0.6) is 0 Å². The molecule has 0 radical (unpaired) electrons. The quantitative estimate of drug-likeness (QED) is 0.834. The van der Waals surface area contributed by atoms with Gasteiger partial charge in [0.05, 0.1) is 10.6 Å². The Kier molecular flexibility index (Phi) is 4.89. The molecule has 0 amide bonds. The summed E-state index contributed by atoms with van der Waals surface area (Å²) in [6, 6.07) is 0.181. The number of hydrogen-bond donors (Lipinski definition) is 1. The van der Waals surface area contributed by atoms with E-state index in [1.54, 1.807) is 18.4 Å². The highest BCUT2D eigenvalue weighted by molar-refractivity contribution is 7.09. The van der Waals surface area contributed by atoms with E-state index in [0.29, 0.717) is 0 Å². The lowest BCUT2D eigenvalue weighted by Crippen LogP contribution is -2.29. The lowest BCUT2D eigenvalue weighted by molar-refractivity contribution is 0.0125. The summed E-state index contributed by atoms with van der Waals surface area (Å²) in [6.45, 7) is 6.19. The summed E-state index contributed by atoms with van der Waals surface area (Å²) >= 11 is 1.69. The largest absolute Gasteiger partial charge is 0.379 e. The summed E-state index contributed by atoms with van der Waals surface area (Å²) in [6.07, 6.45) is 2.83. The molecule has 16 heavy (non-hydrogen) atoms. The first-order chi connectivity index (χ1) is 7.43. The van der Waals surface area contributed by atoms with Crippen molar-refractivity contribution in [2.75, 3.05) is 7.11 Å². The molecular formula is C12H22N2OS. The molecular weight excluding hydrogens is 220 g/mol. The molecule has 1 atom stereocenters. The summed E-state index contributed by atoms with van der Waals surface area (Å²) in [4.78, 5) is 4.42. The van der Waals surface area contributed by atoms with E-state index < -0.39 is 0 Å². The first kappa shape index (κ1) is 13.6. The van der Waals surface area contributed by atoms with E-state index in [0.717, 1.165) is 30.0 Å². The van der Waals surface area contributed by atoms with Gasteiger partial charge in [-0.25, -0.2) is 4.98 Å². The molecule has 0 aliphatic rings. The van der Waals surface area contributed by atoms with Gasteiger partial charge in [0.2, 0.25) is 0 Å². The van der Waals surface area contributed by atoms with Gasteiger partial charge in [0.25, 0.3) is 0 Å². The van der Waals surface area contributed by atoms with Crippen molar-refractivity contribution in [3.8, 4) is 0 Å². The van der Waals surface area contributed by atoms with Crippen molar-refractivity contribution in [2.24, 2.45) is 5.73 Å². The van der Waals surface area contributed by atoms with E-state index in [9.17, 15) is 0 Å². The van der Waals surface area contributed by atoms with Crippen molar-refractivity contribution >= 4 is 11.3 Å². The number of aromatic nitrogens is 1. The van der Waals surface area contributed by atoms with Gasteiger partial charge in [-0.05, 0) is 33.6 Å².